The number of quaternary nitrogens is 1. The van der Waals surface area contributed by atoms with Crippen molar-refractivity contribution in [2.75, 3.05) is 52.2 Å². The fourth-order valence-corrected chi connectivity index (χ4v) is 7.85. The quantitative estimate of drug-likeness (QED) is 0.0286. The number of aryl methyl sites for hydroxylation is 1. The number of hydrogen-bond acceptors (Lipinski definition) is 11. The summed E-state index contributed by atoms with van der Waals surface area (Å²) in [6, 6.07) is 15.1. The number of carbonyl (C=O) groups is 5. The lowest BCUT2D eigenvalue weighted by Gasteiger charge is -2.35. The number of carboxylic acid groups (broad SMARTS) is 1. The molecule has 6 rings (SSSR count). The molecule has 3 aromatic carbocycles. The smallest absolute Gasteiger partial charge is 0.362 e. The van der Waals surface area contributed by atoms with Gasteiger partial charge >= 0.3 is 5.97 Å². The lowest BCUT2D eigenvalue weighted by atomic mass is 10.0. The van der Waals surface area contributed by atoms with Crippen LogP contribution in [-0.4, -0.2) is 106 Å². The van der Waals surface area contributed by atoms with Crippen molar-refractivity contribution in [3.63, 3.8) is 0 Å². The monoisotopic (exact) mass is 897 g/mol. The van der Waals surface area contributed by atoms with Gasteiger partial charge in [-0.05, 0) is 114 Å². The van der Waals surface area contributed by atoms with Gasteiger partial charge in [-0.2, -0.15) is 4.39 Å². The molecule has 15 nitrogen and oxygen atoms in total. The molecule has 0 saturated carbocycles. The van der Waals surface area contributed by atoms with Gasteiger partial charge in [-0.3, -0.25) is 23.7 Å². The minimum atomic E-state index is -1.08. The molecule has 1 aliphatic rings. The topological polar surface area (TPSA) is 184 Å². The third-order valence-electron chi connectivity index (χ3n) is 11.0. The summed E-state index contributed by atoms with van der Waals surface area (Å²) in [5.74, 6) is -2.84. The van der Waals surface area contributed by atoms with Crippen LogP contribution in [0.1, 0.15) is 103 Å². The second-order valence-electron chi connectivity index (χ2n) is 17.0. The fourth-order valence-electron chi connectivity index (χ4n) is 7.85. The first-order chi connectivity index (χ1) is 31.0. The number of amides is 3. The number of nitrogens with one attached hydrogen (secondary N) is 2. The molecule has 0 fully saturated rings. The Morgan fingerprint density at radius 3 is 2.18 bits per heavy atom. The van der Waals surface area contributed by atoms with E-state index in [0.29, 0.717) is 70.0 Å². The summed E-state index contributed by atoms with van der Waals surface area (Å²) in [5, 5.41) is 14.6. The third-order valence-corrected chi connectivity index (χ3v) is 11.0. The normalized spacial score (nSPS) is 13.1. The van der Waals surface area contributed by atoms with Gasteiger partial charge in [0.2, 0.25) is 5.82 Å². The van der Waals surface area contributed by atoms with Gasteiger partial charge < -0.3 is 34.5 Å². The molecular formula is C48H57F2N7O8. The van der Waals surface area contributed by atoms with Gasteiger partial charge in [0.1, 0.15) is 5.60 Å². The molecule has 0 bridgehead atoms. The number of benzene rings is 3. The zero-order valence-electron chi connectivity index (χ0n) is 37.7. The molecule has 0 spiro atoms. The van der Waals surface area contributed by atoms with Crippen molar-refractivity contribution in [1.82, 2.24) is 24.6 Å². The van der Waals surface area contributed by atoms with Crippen LogP contribution >= 0.6 is 0 Å². The number of rotatable bonds is 20. The van der Waals surface area contributed by atoms with E-state index in [0.717, 1.165) is 50.8 Å². The number of aromatic nitrogens is 3. The fraction of sp³-hybridized carbons (Fsp3) is 0.396. The number of nitrogens with zero attached hydrogens (tertiary/aromatic N) is 5. The Balaban J connectivity index is 0.00000257. The van der Waals surface area contributed by atoms with Crippen LogP contribution < -0.4 is 20.5 Å². The number of carbonyl (C=O) groups excluding carboxylic acids is 5. The van der Waals surface area contributed by atoms with Gasteiger partial charge in [-0.25, -0.2) is 19.2 Å². The second-order valence-corrected chi connectivity index (χ2v) is 17.0. The van der Waals surface area contributed by atoms with Crippen molar-refractivity contribution in [3.8, 4) is 17.0 Å². The van der Waals surface area contributed by atoms with Crippen molar-refractivity contribution >= 4 is 47.3 Å². The number of anilines is 2. The molecule has 65 heavy (non-hydrogen) atoms. The first-order valence-electron chi connectivity index (χ1n) is 21.6. The van der Waals surface area contributed by atoms with E-state index in [2.05, 4.69) is 27.6 Å². The Morgan fingerprint density at radius 2 is 1.55 bits per heavy atom. The summed E-state index contributed by atoms with van der Waals surface area (Å²) in [4.78, 5) is 70.3. The average molecular weight is 898 g/mol. The molecule has 17 heteroatoms. The third kappa shape index (κ3) is 12.5. The maximum atomic E-state index is 15.0. The number of methoxy groups -OCH3 is 1. The number of imidazole rings is 1. The molecule has 5 aromatic rings. The first-order valence-corrected chi connectivity index (χ1v) is 21.6. The number of ether oxygens (including phenoxy) is 2. The highest BCUT2D eigenvalue weighted by molar-refractivity contribution is 6.21. The van der Waals surface area contributed by atoms with Crippen molar-refractivity contribution in [1.29, 1.82) is 0 Å². The molecule has 346 valence electrons. The van der Waals surface area contributed by atoms with Gasteiger partial charge in [0.05, 0.1) is 50.3 Å². The number of hydrogen-bond donors (Lipinski definition) is 2. The van der Waals surface area contributed by atoms with Gasteiger partial charge in [0.25, 0.3) is 17.7 Å². The first kappa shape index (κ1) is 49.3. The zero-order valence-corrected chi connectivity index (χ0v) is 37.7. The van der Waals surface area contributed by atoms with Crippen LogP contribution in [0.2, 0.25) is 0 Å². The lowest BCUT2D eigenvalue weighted by molar-refractivity contribution is -0.903. The number of unbranched alkanes of at least 4 members (excludes halogenated alkanes) is 4. The maximum absolute atomic E-state index is 15.0. The number of likely N-dealkylation sites (N-methyl/N-ethyl adjacent to an activating group) is 1. The number of imide groups is 1. The van der Waals surface area contributed by atoms with Gasteiger partial charge in [-0.15, -0.1) is 0 Å². The van der Waals surface area contributed by atoms with Crippen LogP contribution in [0.25, 0.3) is 16.9 Å². The molecule has 0 aliphatic carbocycles. The molecule has 1 atom stereocenters. The minimum absolute atomic E-state index is 0.0243. The average Bonchev–Trinajstić information content (AvgIpc) is 3.80. The number of fused-ring (bicyclic) bond motifs is 2. The largest absolute Gasteiger partial charge is 0.554 e. The van der Waals surface area contributed by atoms with E-state index in [-0.39, 0.29) is 41.5 Å². The molecule has 2 N–H and O–H groups in total. The van der Waals surface area contributed by atoms with Crippen LogP contribution in [0.15, 0.2) is 73.2 Å². The summed E-state index contributed by atoms with van der Waals surface area (Å²) in [7, 11) is 3.34. The van der Waals surface area contributed by atoms with Crippen LogP contribution in [0, 0.1) is 11.6 Å². The molecule has 2 aromatic heterocycles. The lowest BCUT2D eigenvalue weighted by Crippen LogP contribution is -2.50. The van der Waals surface area contributed by atoms with Gasteiger partial charge in [-0.1, -0.05) is 19.1 Å². The van der Waals surface area contributed by atoms with Crippen LogP contribution in [0.3, 0.4) is 0 Å². The molecule has 3 amide bonds. The summed E-state index contributed by atoms with van der Waals surface area (Å²) >= 11 is 0. The molecule has 0 saturated heterocycles. The van der Waals surface area contributed by atoms with E-state index in [1.807, 2.05) is 33.8 Å². The van der Waals surface area contributed by atoms with E-state index in [1.165, 1.54) is 36.5 Å². The summed E-state index contributed by atoms with van der Waals surface area (Å²) in [6.45, 7) is 9.61. The summed E-state index contributed by atoms with van der Waals surface area (Å²) in [5.41, 5.74) is 3.16. The predicted octanol–water partition coefficient (Wildman–Crippen LogP) is 6.51. The molecule has 3 heterocycles. The highest BCUT2D eigenvalue weighted by Crippen LogP contribution is 2.32. The highest BCUT2D eigenvalue weighted by Gasteiger charge is 2.35. The van der Waals surface area contributed by atoms with E-state index in [1.54, 1.807) is 47.0 Å². The zero-order chi connectivity index (χ0) is 47.3. The standard InChI is InChI=1S/C47H55F2N7O6.CH2O2/c1-7-31-28-32(53-42-43-52-29-37(54(43)25-23-50-42)36-20-21-38(61-6)41(49)40(36)48)18-19-33(31)44(58)51-22-12-8-14-26-56(5,30-39(57)62-47(2,3)4)27-15-9-13-24-55-45(59)34-16-10-11-17-35(34)46(55)60;2-1-3/h10-11,16-21,23,25,28-29H,7-9,12-15,22,24,26-27,30H2,1-6H3,(H-,50,51,53,58);1H,(H,2,3). The molecule has 1 aliphatic heterocycles. The summed E-state index contributed by atoms with van der Waals surface area (Å²) in [6.07, 6.45) is 9.95. The highest BCUT2D eigenvalue weighted by atomic mass is 19.2. The van der Waals surface area contributed by atoms with Crippen molar-refractivity contribution in [2.45, 2.75) is 78.2 Å². The van der Waals surface area contributed by atoms with E-state index in [4.69, 9.17) is 19.4 Å². The van der Waals surface area contributed by atoms with Crippen molar-refractivity contribution in [3.05, 3.63) is 107 Å². The van der Waals surface area contributed by atoms with E-state index in [9.17, 15) is 28.0 Å². The molecule has 1 unspecified atom stereocenters. The number of halogens is 2. The SMILES string of the molecule is CCc1cc(Nc2nccn3c(-c4ccc(OC)c(F)c4F)cnc23)ccc1C(=O)NCCCCC[N+](C)(CCCCCN1C(=O)c2ccccc2C1=O)CC(=O)OC(C)(C)C.O=C[O-]. The Hall–Kier alpha value is -6.75. The molecular weight excluding hydrogens is 841 g/mol. The Morgan fingerprint density at radius 1 is 0.892 bits per heavy atom. The van der Waals surface area contributed by atoms with E-state index < -0.39 is 23.7 Å². The van der Waals surface area contributed by atoms with Crippen molar-refractivity contribution < 1.29 is 51.8 Å². The van der Waals surface area contributed by atoms with Gasteiger partial charge in [0.15, 0.2) is 29.6 Å². The second kappa shape index (κ2) is 22.2. The van der Waals surface area contributed by atoms with Crippen LogP contribution in [-0.2, 0) is 20.7 Å². The van der Waals surface area contributed by atoms with Crippen LogP contribution in [0.4, 0.5) is 20.3 Å². The van der Waals surface area contributed by atoms with Crippen LogP contribution in [0.5, 0.6) is 5.75 Å². The summed E-state index contributed by atoms with van der Waals surface area (Å²) < 4.78 is 42.2. The molecule has 0 radical (unpaired) electrons. The van der Waals surface area contributed by atoms with Crippen molar-refractivity contribution in [2.24, 2.45) is 0 Å². The minimum Gasteiger partial charge on any atom is -0.554 e. The van der Waals surface area contributed by atoms with E-state index >= 15 is 0 Å². The number of esters is 1. The Labute approximate surface area is 377 Å². The Kier molecular flexibility index (Phi) is 16.9. The maximum Gasteiger partial charge on any atom is 0.362 e. The predicted molar refractivity (Wildman–Crippen MR) is 239 cm³/mol. The van der Waals surface area contributed by atoms with Gasteiger partial charge in [0, 0.05) is 48.8 Å². The Bertz CT molecular complexity index is 2470.